The van der Waals surface area contributed by atoms with Crippen molar-refractivity contribution in [3.63, 3.8) is 0 Å². The molecular weight excluding hydrogens is 276 g/mol. The minimum Gasteiger partial charge on any atom is -0.0776 e. The third kappa shape index (κ3) is 7.50. The van der Waals surface area contributed by atoms with E-state index in [-0.39, 0.29) is 18.3 Å². The van der Waals surface area contributed by atoms with E-state index >= 15 is 0 Å². The second-order valence-corrected chi connectivity index (χ2v) is 8.24. The largest absolute Gasteiger partial charge is 0.0776 e. The molecule has 0 aliphatic heterocycles. The average molecular weight is 313 g/mol. The van der Waals surface area contributed by atoms with Crippen LogP contribution in [-0.4, -0.2) is 0 Å². The maximum atomic E-state index is 2.25. The Morgan fingerprint density at radius 3 is 1.04 bits per heavy atom. The number of hydrogen-bond acceptors (Lipinski definition) is 0. The van der Waals surface area contributed by atoms with Crippen LogP contribution >= 0.6 is 0 Å². The summed E-state index contributed by atoms with van der Waals surface area (Å²) in [6, 6.07) is 17.4. The van der Waals surface area contributed by atoms with Gasteiger partial charge in [0.15, 0.2) is 0 Å². The van der Waals surface area contributed by atoms with Gasteiger partial charge in [-0.1, -0.05) is 109 Å². The highest BCUT2D eigenvalue weighted by atomic mass is 14.2. The van der Waals surface area contributed by atoms with Crippen LogP contribution in [0.15, 0.2) is 48.5 Å². The van der Waals surface area contributed by atoms with Gasteiger partial charge in [-0.15, -0.1) is 0 Å². The first-order valence-electron chi connectivity index (χ1n) is 8.14. The van der Waals surface area contributed by atoms with Crippen molar-refractivity contribution in [2.45, 2.75) is 73.6 Å². The van der Waals surface area contributed by atoms with Crippen LogP contribution in [0.4, 0.5) is 0 Å². The highest BCUT2D eigenvalue weighted by molar-refractivity contribution is 5.28. The summed E-state index contributed by atoms with van der Waals surface area (Å²) in [5, 5.41) is 0. The van der Waals surface area contributed by atoms with Gasteiger partial charge in [0.1, 0.15) is 0 Å². The van der Waals surface area contributed by atoms with Gasteiger partial charge in [0, 0.05) is 0 Å². The molecule has 0 bridgehead atoms. The summed E-state index contributed by atoms with van der Waals surface area (Å²) in [6.07, 6.45) is 0. The summed E-state index contributed by atoms with van der Waals surface area (Å²) in [7, 11) is 0. The monoisotopic (exact) mass is 312 g/mol. The van der Waals surface area contributed by atoms with Crippen LogP contribution < -0.4 is 0 Å². The van der Waals surface area contributed by atoms with Crippen molar-refractivity contribution in [1.29, 1.82) is 0 Å². The van der Waals surface area contributed by atoms with Crippen molar-refractivity contribution in [2.24, 2.45) is 0 Å². The first-order valence-corrected chi connectivity index (χ1v) is 8.14. The standard InChI is InChI=1S/2C11H16.CH4/c2*1-9-6-5-7-10(8-9)11(2,3)4;/h2*5-8H,1-4H3;1H4. The Labute approximate surface area is 145 Å². The van der Waals surface area contributed by atoms with Crippen molar-refractivity contribution in [3.8, 4) is 0 Å². The molecule has 0 amide bonds. The second-order valence-electron chi connectivity index (χ2n) is 8.24. The molecule has 0 heteroatoms. The van der Waals surface area contributed by atoms with Crippen LogP contribution in [0.25, 0.3) is 0 Å². The molecule has 0 nitrogen and oxygen atoms in total. The molecule has 0 heterocycles. The van der Waals surface area contributed by atoms with Crippen LogP contribution in [0.1, 0.15) is 71.2 Å². The second kappa shape index (κ2) is 8.34. The molecule has 0 N–H and O–H groups in total. The summed E-state index contributed by atoms with van der Waals surface area (Å²) < 4.78 is 0. The molecule has 2 aromatic carbocycles. The van der Waals surface area contributed by atoms with Crippen molar-refractivity contribution in [2.75, 3.05) is 0 Å². The fourth-order valence-corrected chi connectivity index (χ4v) is 2.22. The zero-order valence-electron chi connectivity index (χ0n) is 15.6. The number of rotatable bonds is 0. The third-order valence-electron chi connectivity index (χ3n) is 3.77. The lowest BCUT2D eigenvalue weighted by molar-refractivity contribution is 0.589. The summed E-state index contributed by atoms with van der Waals surface area (Å²) in [5.74, 6) is 0. The van der Waals surface area contributed by atoms with Crippen LogP contribution in [0.3, 0.4) is 0 Å². The van der Waals surface area contributed by atoms with E-state index in [9.17, 15) is 0 Å². The molecule has 128 valence electrons. The Bertz CT molecular complexity index is 536. The van der Waals surface area contributed by atoms with Crippen LogP contribution in [0.2, 0.25) is 0 Å². The Morgan fingerprint density at radius 2 is 0.870 bits per heavy atom. The van der Waals surface area contributed by atoms with Gasteiger partial charge >= 0.3 is 0 Å². The lowest BCUT2D eigenvalue weighted by atomic mass is 9.86. The summed E-state index contributed by atoms with van der Waals surface area (Å²) in [6.45, 7) is 17.7. The third-order valence-corrected chi connectivity index (χ3v) is 3.77. The van der Waals surface area contributed by atoms with E-state index in [4.69, 9.17) is 0 Å². The molecular formula is C23H36. The van der Waals surface area contributed by atoms with Gasteiger partial charge in [-0.05, 0) is 35.8 Å². The molecule has 0 aliphatic carbocycles. The molecule has 0 atom stereocenters. The Morgan fingerprint density at radius 1 is 0.565 bits per heavy atom. The van der Waals surface area contributed by atoms with E-state index < -0.39 is 0 Å². The lowest BCUT2D eigenvalue weighted by Crippen LogP contribution is -2.10. The van der Waals surface area contributed by atoms with Crippen molar-refractivity contribution >= 4 is 0 Å². The molecule has 0 aliphatic rings. The Kier molecular flexibility index (Phi) is 7.77. The van der Waals surface area contributed by atoms with E-state index in [1.54, 1.807) is 0 Å². The average Bonchev–Trinajstić information content (AvgIpc) is 2.37. The lowest BCUT2D eigenvalue weighted by Gasteiger charge is -2.19. The molecule has 0 unspecified atom stereocenters. The number of hydrogen-bond donors (Lipinski definition) is 0. The Hall–Kier alpha value is -1.56. The van der Waals surface area contributed by atoms with Crippen LogP contribution in [0, 0.1) is 13.8 Å². The van der Waals surface area contributed by atoms with E-state index in [2.05, 4.69) is 104 Å². The minimum atomic E-state index is 0. The topological polar surface area (TPSA) is 0 Å². The van der Waals surface area contributed by atoms with E-state index in [0.717, 1.165) is 0 Å². The number of benzene rings is 2. The zero-order chi connectivity index (χ0) is 17.0. The summed E-state index contributed by atoms with van der Waals surface area (Å²) in [4.78, 5) is 0. The highest BCUT2D eigenvalue weighted by Gasteiger charge is 2.13. The quantitative estimate of drug-likeness (QED) is 0.481. The van der Waals surface area contributed by atoms with Gasteiger partial charge in [0.2, 0.25) is 0 Å². The molecule has 0 saturated heterocycles. The number of aryl methyl sites for hydroxylation is 2. The molecule has 0 fully saturated rings. The van der Waals surface area contributed by atoms with E-state index in [1.807, 2.05) is 0 Å². The maximum absolute atomic E-state index is 2.25. The first kappa shape index (κ1) is 21.4. The molecule has 2 rings (SSSR count). The van der Waals surface area contributed by atoms with E-state index in [0.29, 0.717) is 0 Å². The van der Waals surface area contributed by atoms with Crippen LogP contribution in [0.5, 0.6) is 0 Å². The van der Waals surface area contributed by atoms with Gasteiger partial charge in [-0.25, -0.2) is 0 Å². The maximum Gasteiger partial charge on any atom is -0.0132 e. The van der Waals surface area contributed by atoms with E-state index in [1.165, 1.54) is 22.3 Å². The van der Waals surface area contributed by atoms with Crippen molar-refractivity contribution < 1.29 is 0 Å². The molecule has 0 radical (unpaired) electrons. The fourth-order valence-electron chi connectivity index (χ4n) is 2.22. The summed E-state index contributed by atoms with van der Waals surface area (Å²) >= 11 is 0. The Balaban J connectivity index is 0.000000403. The minimum absolute atomic E-state index is 0. The molecule has 0 aromatic heterocycles. The van der Waals surface area contributed by atoms with Gasteiger partial charge in [-0.2, -0.15) is 0 Å². The predicted molar refractivity (Wildman–Crippen MR) is 106 cm³/mol. The fraction of sp³-hybridized carbons (Fsp3) is 0.478. The van der Waals surface area contributed by atoms with Crippen LogP contribution in [-0.2, 0) is 10.8 Å². The van der Waals surface area contributed by atoms with Crippen molar-refractivity contribution in [1.82, 2.24) is 0 Å². The van der Waals surface area contributed by atoms with Gasteiger partial charge < -0.3 is 0 Å². The van der Waals surface area contributed by atoms with Gasteiger partial charge in [0.05, 0.1) is 0 Å². The molecule has 0 saturated carbocycles. The van der Waals surface area contributed by atoms with Crippen molar-refractivity contribution in [3.05, 3.63) is 70.8 Å². The smallest absolute Gasteiger partial charge is 0.0132 e. The molecule has 23 heavy (non-hydrogen) atoms. The SMILES string of the molecule is C.Cc1cccc(C(C)(C)C)c1.Cc1cccc(C(C)(C)C)c1. The predicted octanol–water partition coefficient (Wildman–Crippen LogP) is 7.22. The normalized spacial score (nSPS) is 11.1. The van der Waals surface area contributed by atoms with Gasteiger partial charge in [-0.3, -0.25) is 0 Å². The first-order chi connectivity index (χ1) is 10.00. The molecule has 0 spiro atoms. The summed E-state index contributed by atoms with van der Waals surface area (Å²) in [5.41, 5.74) is 6.09. The zero-order valence-corrected chi connectivity index (χ0v) is 15.6. The highest BCUT2D eigenvalue weighted by Crippen LogP contribution is 2.23. The molecule has 2 aromatic rings. The van der Waals surface area contributed by atoms with Gasteiger partial charge in [0.25, 0.3) is 0 Å².